The Labute approximate surface area is 118 Å². The van der Waals surface area contributed by atoms with E-state index < -0.39 is 0 Å². The van der Waals surface area contributed by atoms with Crippen LogP contribution in [0.5, 0.6) is 0 Å². The van der Waals surface area contributed by atoms with E-state index in [1.54, 1.807) is 0 Å². The average Bonchev–Trinajstić information content (AvgIpc) is 2.44. The van der Waals surface area contributed by atoms with Crippen molar-refractivity contribution in [3.8, 4) is 0 Å². The molecule has 1 atom stereocenters. The van der Waals surface area contributed by atoms with Crippen LogP contribution < -0.4 is 5.32 Å². The van der Waals surface area contributed by atoms with E-state index in [0.717, 1.165) is 38.3 Å². The number of hydrogen-bond donors (Lipinski definition) is 1. The van der Waals surface area contributed by atoms with Gasteiger partial charge in [-0.25, -0.2) is 0 Å². The normalized spacial score (nSPS) is 12.9. The van der Waals surface area contributed by atoms with Gasteiger partial charge >= 0.3 is 0 Å². The van der Waals surface area contributed by atoms with E-state index in [1.807, 2.05) is 0 Å². The maximum Gasteiger partial charge on any atom is 0.0547 e. The Morgan fingerprint density at radius 3 is 2.58 bits per heavy atom. The van der Waals surface area contributed by atoms with Crippen LogP contribution in [0.15, 0.2) is 18.2 Å². The zero-order valence-corrected chi connectivity index (χ0v) is 12.9. The lowest BCUT2D eigenvalue weighted by atomic mass is 10.2. The Morgan fingerprint density at radius 1 is 1.21 bits per heavy atom. The summed E-state index contributed by atoms with van der Waals surface area (Å²) in [6.45, 7) is 12.9. The molecule has 0 fully saturated rings. The Hall–Kier alpha value is -0.930. The van der Waals surface area contributed by atoms with Crippen LogP contribution in [0.1, 0.15) is 51.9 Å². The van der Waals surface area contributed by atoms with Gasteiger partial charge < -0.3 is 5.32 Å². The van der Waals surface area contributed by atoms with Crippen molar-refractivity contribution < 1.29 is 0 Å². The molecule has 108 valence electrons. The van der Waals surface area contributed by atoms with Crippen molar-refractivity contribution in [2.75, 3.05) is 13.1 Å². The van der Waals surface area contributed by atoms with Crippen LogP contribution in [0.2, 0.25) is 0 Å². The molecule has 1 unspecified atom stereocenters. The lowest BCUT2D eigenvalue weighted by molar-refractivity contribution is 0.203. The molecule has 0 saturated heterocycles. The Kier molecular flexibility index (Phi) is 7.68. The third kappa shape index (κ3) is 5.70. The minimum absolute atomic E-state index is 0.619. The number of aromatic nitrogens is 1. The van der Waals surface area contributed by atoms with Gasteiger partial charge in [-0.3, -0.25) is 9.88 Å². The Bertz CT molecular complexity index is 352. The van der Waals surface area contributed by atoms with Crippen molar-refractivity contribution in [2.45, 2.75) is 59.7 Å². The lowest BCUT2D eigenvalue weighted by Crippen LogP contribution is -2.32. The zero-order chi connectivity index (χ0) is 14.1. The molecule has 0 bridgehead atoms. The smallest absolute Gasteiger partial charge is 0.0547 e. The quantitative estimate of drug-likeness (QED) is 0.693. The van der Waals surface area contributed by atoms with E-state index in [4.69, 9.17) is 4.98 Å². The van der Waals surface area contributed by atoms with Gasteiger partial charge in [-0.15, -0.1) is 0 Å². The molecule has 0 aliphatic rings. The summed E-state index contributed by atoms with van der Waals surface area (Å²) in [5, 5.41) is 3.40. The van der Waals surface area contributed by atoms with Gasteiger partial charge in [0, 0.05) is 19.1 Å². The second-order valence-electron chi connectivity index (χ2n) is 5.12. The molecule has 0 spiro atoms. The van der Waals surface area contributed by atoms with Crippen molar-refractivity contribution >= 4 is 0 Å². The molecule has 0 amide bonds. The SMILES string of the molecule is CCCNCc1cccc(CN(CC)C(C)CC)n1. The first-order chi connectivity index (χ1) is 9.21. The topological polar surface area (TPSA) is 28.2 Å². The number of nitrogens with one attached hydrogen (secondary N) is 1. The maximum atomic E-state index is 4.74. The highest BCUT2D eigenvalue weighted by Crippen LogP contribution is 2.09. The standard InChI is InChI=1S/C16H29N3/c1-5-11-17-12-15-9-8-10-16(18-15)13-19(7-3)14(4)6-2/h8-10,14,17H,5-7,11-13H2,1-4H3. The van der Waals surface area contributed by atoms with Crippen molar-refractivity contribution in [1.29, 1.82) is 0 Å². The van der Waals surface area contributed by atoms with Gasteiger partial charge in [-0.2, -0.15) is 0 Å². The predicted molar refractivity (Wildman–Crippen MR) is 82.1 cm³/mol. The van der Waals surface area contributed by atoms with E-state index in [1.165, 1.54) is 12.1 Å². The zero-order valence-electron chi connectivity index (χ0n) is 12.9. The fourth-order valence-electron chi connectivity index (χ4n) is 2.15. The average molecular weight is 263 g/mol. The van der Waals surface area contributed by atoms with E-state index in [9.17, 15) is 0 Å². The summed E-state index contributed by atoms with van der Waals surface area (Å²) in [6, 6.07) is 6.98. The van der Waals surface area contributed by atoms with Crippen LogP contribution >= 0.6 is 0 Å². The van der Waals surface area contributed by atoms with E-state index in [0.29, 0.717) is 6.04 Å². The monoisotopic (exact) mass is 263 g/mol. The molecule has 1 heterocycles. The van der Waals surface area contributed by atoms with Gasteiger partial charge in [-0.05, 0) is 45.0 Å². The number of rotatable bonds is 9. The first-order valence-corrected chi connectivity index (χ1v) is 7.60. The fourth-order valence-corrected chi connectivity index (χ4v) is 2.15. The highest BCUT2D eigenvalue weighted by atomic mass is 15.1. The molecule has 0 aliphatic heterocycles. The van der Waals surface area contributed by atoms with Crippen LogP contribution in [0.25, 0.3) is 0 Å². The summed E-state index contributed by atoms with van der Waals surface area (Å²) in [6.07, 6.45) is 2.35. The summed E-state index contributed by atoms with van der Waals surface area (Å²) in [5.41, 5.74) is 2.32. The second kappa shape index (κ2) is 9.05. The van der Waals surface area contributed by atoms with Crippen molar-refractivity contribution in [1.82, 2.24) is 15.2 Å². The third-order valence-corrected chi connectivity index (χ3v) is 3.58. The van der Waals surface area contributed by atoms with E-state index in [-0.39, 0.29) is 0 Å². The first kappa shape index (κ1) is 16.1. The molecule has 19 heavy (non-hydrogen) atoms. The molecule has 1 N–H and O–H groups in total. The molecule has 1 rings (SSSR count). The number of pyridine rings is 1. The van der Waals surface area contributed by atoms with Crippen LogP contribution in [0.4, 0.5) is 0 Å². The maximum absolute atomic E-state index is 4.74. The minimum atomic E-state index is 0.619. The molecule has 0 aromatic carbocycles. The Balaban J connectivity index is 2.59. The molecule has 0 saturated carbocycles. The van der Waals surface area contributed by atoms with Gasteiger partial charge in [0.15, 0.2) is 0 Å². The molecule has 3 heteroatoms. The summed E-state index contributed by atoms with van der Waals surface area (Å²) < 4.78 is 0. The molecule has 0 aliphatic carbocycles. The predicted octanol–water partition coefficient (Wildman–Crippen LogP) is 3.20. The minimum Gasteiger partial charge on any atom is -0.311 e. The highest BCUT2D eigenvalue weighted by Gasteiger charge is 2.11. The van der Waals surface area contributed by atoms with Crippen LogP contribution in [-0.4, -0.2) is 29.0 Å². The molecular formula is C16H29N3. The lowest BCUT2D eigenvalue weighted by Gasteiger charge is -2.26. The molecule has 3 nitrogen and oxygen atoms in total. The van der Waals surface area contributed by atoms with Gasteiger partial charge in [0.1, 0.15) is 0 Å². The number of hydrogen-bond acceptors (Lipinski definition) is 3. The van der Waals surface area contributed by atoms with Crippen LogP contribution in [0, 0.1) is 0 Å². The Morgan fingerprint density at radius 2 is 1.95 bits per heavy atom. The van der Waals surface area contributed by atoms with E-state index >= 15 is 0 Å². The van der Waals surface area contributed by atoms with Gasteiger partial charge in [0.25, 0.3) is 0 Å². The second-order valence-corrected chi connectivity index (χ2v) is 5.12. The molecule has 1 aromatic heterocycles. The van der Waals surface area contributed by atoms with Crippen molar-refractivity contribution in [2.24, 2.45) is 0 Å². The van der Waals surface area contributed by atoms with Crippen molar-refractivity contribution in [3.63, 3.8) is 0 Å². The van der Waals surface area contributed by atoms with Gasteiger partial charge in [-0.1, -0.05) is 26.8 Å². The fraction of sp³-hybridized carbons (Fsp3) is 0.688. The summed E-state index contributed by atoms with van der Waals surface area (Å²) in [4.78, 5) is 7.22. The molecular weight excluding hydrogens is 234 g/mol. The van der Waals surface area contributed by atoms with Gasteiger partial charge in [0.2, 0.25) is 0 Å². The highest BCUT2D eigenvalue weighted by molar-refractivity contribution is 5.11. The van der Waals surface area contributed by atoms with E-state index in [2.05, 4.69) is 56.1 Å². The molecule has 0 radical (unpaired) electrons. The van der Waals surface area contributed by atoms with Gasteiger partial charge in [0.05, 0.1) is 11.4 Å². The largest absolute Gasteiger partial charge is 0.311 e. The van der Waals surface area contributed by atoms with Crippen LogP contribution in [-0.2, 0) is 13.1 Å². The van der Waals surface area contributed by atoms with Crippen molar-refractivity contribution in [3.05, 3.63) is 29.6 Å². The third-order valence-electron chi connectivity index (χ3n) is 3.58. The summed E-state index contributed by atoms with van der Waals surface area (Å²) in [5.74, 6) is 0. The molecule has 1 aromatic rings. The summed E-state index contributed by atoms with van der Waals surface area (Å²) in [7, 11) is 0. The number of nitrogens with zero attached hydrogens (tertiary/aromatic N) is 2. The summed E-state index contributed by atoms with van der Waals surface area (Å²) >= 11 is 0. The van der Waals surface area contributed by atoms with Crippen LogP contribution in [0.3, 0.4) is 0 Å². The first-order valence-electron chi connectivity index (χ1n) is 7.60.